The van der Waals surface area contributed by atoms with Crippen molar-refractivity contribution in [1.82, 2.24) is 4.90 Å². The van der Waals surface area contributed by atoms with Crippen LogP contribution in [0.3, 0.4) is 0 Å². The van der Waals surface area contributed by atoms with Crippen LogP contribution in [0, 0.1) is 0 Å². The number of hydrogen-bond acceptors (Lipinski definition) is 3. The number of amides is 2. The second kappa shape index (κ2) is 7.38. The van der Waals surface area contributed by atoms with Crippen LogP contribution in [-0.2, 0) is 9.59 Å². The van der Waals surface area contributed by atoms with E-state index in [0.717, 1.165) is 11.3 Å². The minimum absolute atomic E-state index is 0.00752. The van der Waals surface area contributed by atoms with Crippen molar-refractivity contribution in [3.63, 3.8) is 0 Å². The van der Waals surface area contributed by atoms with Crippen molar-refractivity contribution in [2.45, 2.75) is 19.4 Å². The first-order chi connectivity index (χ1) is 12.1. The molecule has 0 spiro atoms. The van der Waals surface area contributed by atoms with Crippen molar-refractivity contribution in [3.05, 3.63) is 60.2 Å². The van der Waals surface area contributed by atoms with Crippen molar-refractivity contribution < 1.29 is 14.3 Å². The van der Waals surface area contributed by atoms with E-state index in [9.17, 15) is 9.59 Å². The molecule has 0 saturated carbocycles. The van der Waals surface area contributed by atoms with Gasteiger partial charge in [0, 0.05) is 20.0 Å². The fourth-order valence-electron chi connectivity index (χ4n) is 2.95. The first-order valence-electron chi connectivity index (χ1n) is 8.40. The summed E-state index contributed by atoms with van der Waals surface area (Å²) in [6.07, 6.45) is 0.272. The van der Waals surface area contributed by atoms with Gasteiger partial charge in [0.25, 0.3) is 5.91 Å². The van der Waals surface area contributed by atoms with E-state index in [4.69, 9.17) is 4.74 Å². The summed E-state index contributed by atoms with van der Waals surface area (Å²) in [6, 6.07) is 17.3. The zero-order chi connectivity index (χ0) is 17.8. The Bertz CT molecular complexity index is 761. The molecule has 25 heavy (non-hydrogen) atoms. The predicted octanol–water partition coefficient (Wildman–Crippen LogP) is 3.02. The van der Waals surface area contributed by atoms with E-state index in [1.54, 1.807) is 16.8 Å². The minimum atomic E-state index is -0.120. The number of anilines is 1. The molecule has 1 atom stereocenters. The Labute approximate surface area is 147 Å². The van der Waals surface area contributed by atoms with Crippen LogP contribution in [0.15, 0.2) is 54.6 Å². The Morgan fingerprint density at radius 2 is 1.84 bits per heavy atom. The Kier molecular flexibility index (Phi) is 5.03. The van der Waals surface area contributed by atoms with Crippen LogP contribution in [0.2, 0.25) is 0 Å². The number of carbonyl (C=O) groups is 2. The van der Waals surface area contributed by atoms with E-state index >= 15 is 0 Å². The largest absolute Gasteiger partial charge is 0.482 e. The van der Waals surface area contributed by atoms with Gasteiger partial charge in [-0.3, -0.25) is 9.59 Å². The molecule has 1 aliphatic heterocycles. The standard InChI is InChI=1S/C20H22N2O3/c1-15(16-8-4-3-5-9-16)21(2)19(23)12-13-22-17-10-6-7-11-18(17)25-14-20(22)24/h3-11,15H,12-14H2,1-2H3/t15-/m0/s1. The van der Waals surface area contributed by atoms with Crippen molar-refractivity contribution in [2.75, 3.05) is 25.1 Å². The lowest BCUT2D eigenvalue weighted by molar-refractivity contribution is -0.131. The van der Waals surface area contributed by atoms with Gasteiger partial charge in [-0.05, 0) is 24.6 Å². The van der Waals surface area contributed by atoms with Crippen molar-refractivity contribution in [3.8, 4) is 5.75 Å². The second-order valence-corrected chi connectivity index (χ2v) is 6.14. The van der Waals surface area contributed by atoms with Crippen LogP contribution in [0.5, 0.6) is 5.75 Å². The minimum Gasteiger partial charge on any atom is -0.482 e. The maximum Gasteiger partial charge on any atom is 0.265 e. The maximum absolute atomic E-state index is 12.6. The van der Waals surface area contributed by atoms with Gasteiger partial charge in [0.05, 0.1) is 11.7 Å². The molecule has 2 amide bonds. The number of fused-ring (bicyclic) bond motifs is 1. The highest BCUT2D eigenvalue weighted by Crippen LogP contribution is 2.31. The fraction of sp³-hybridized carbons (Fsp3) is 0.300. The molecule has 0 N–H and O–H groups in total. The molecule has 0 saturated heterocycles. The molecular weight excluding hydrogens is 316 g/mol. The lowest BCUT2D eigenvalue weighted by Gasteiger charge is -2.30. The van der Waals surface area contributed by atoms with E-state index in [2.05, 4.69) is 0 Å². The Balaban J connectivity index is 1.65. The molecule has 5 nitrogen and oxygen atoms in total. The number of hydrogen-bond donors (Lipinski definition) is 0. The maximum atomic E-state index is 12.6. The summed E-state index contributed by atoms with van der Waals surface area (Å²) in [4.78, 5) is 28.1. The quantitative estimate of drug-likeness (QED) is 0.842. The van der Waals surface area contributed by atoms with Crippen molar-refractivity contribution in [1.29, 1.82) is 0 Å². The molecule has 0 radical (unpaired) electrons. The van der Waals surface area contributed by atoms with Gasteiger partial charge in [0.1, 0.15) is 5.75 Å². The van der Waals surface area contributed by atoms with E-state index in [-0.39, 0.29) is 30.9 Å². The van der Waals surface area contributed by atoms with Gasteiger partial charge in [-0.25, -0.2) is 0 Å². The average Bonchev–Trinajstić information content (AvgIpc) is 2.66. The molecule has 1 aliphatic rings. The highest BCUT2D eigenvalue weighted by atomic mass is 16.5. The summed E-state index contributed by atoms with van der Waals surface area (Å²) in [5.41, 5.74) is 1.82. The van der Waals surface area contributed by atoms with E-state index in [1.165, 1.54) is 0 Å². The predicted molar refractivity (Wildman–Crippen MR) is 96.5 cm³/mol. The number of para-hydroxylation sites is 2. The van der Waals surface area contributed by atoms with Gasteiger partial charge in [-0.15, -0.1) is 0 Å². The van der Waals surface area contributed by atoms with Crippen LogP contribution in [0.25, 0.3) is 0 Å². The van der Waals surface area contributed by atoms with Crippen LogP contribution >= 0.6 is 0 Å². The molecule has 0 fully saturated rings. The highest BCUT2D eigenvalue weighted by Gasteiger charge is 2.26. The third-order valence-corrected chi connectivity index (χ3v) is 4.61. The van der Waals surface area contributed by atoms with Crippen LogP contribution in [0.1, 0.15) is 24.9 Å². The third kappa shape index (κ3) is 3.65. The topological polar surface area (TPSA) is 49.9 Å². The van der Waals surface area contributed by atoms with E-state index < -0.39 is 0 Å². The summed E-state index contributed by atoms with van der Waals surface area (Å²) < 4.78 is 5.43. The van der Waals surface area contributed by atoms with Crippen LogP contribution in [-0.4, -0.2) is 36.9 Å². The number of benzene rings is 2. The average molecular weight is 338 g/mol. The molecular formula is C20H22N2O3. The number of carbonyl (C=O) groups excluding carboxylic acids is 2. The lowest BCUT2D eigenvalue weighted by Crippen LogP contribution is -2.41. The zero-order valence-electron chi connectivity index (χ0n) is 14.5. The smallest absolute Gasteiger partial charge is 0.265 e. The second-order valence-electron chi connectivity index (χ2n) is 6.14. The molecule has 2 aromatic rings. The molecule has 5 heteroatoms. The summed E-state index contributed by atoms with van der Waals surface area (Å²) >= 11 is 0. The Morgan fingerprint density at radius 3 is 2.60 bits per heavy atom. The van der Waals surface area contributed by atoms with Gasteiger partial charge >= 0.3 is 0 Å². The molecule has 2 aromatic carbocycles. The summed E-state index contributed by atoms with van der Waals surface area (Å²) in [5, 5.41) is 0. The lowest BCUT2D eigenvalue weighted by atomic mass is 10.1. The molecule has 1 heterocycles. The summed E-state index contributed by atoms with van der Waals surface area (Å²) in [6.45, 7) is 2.37. The summed E-state index contributed by atoms with van der Waals surface area (Å²) in [7, 11) is 1.80. The van der Waals surface area contributed by atoms with Gasteiger partial charge in [0.2, 0.25) is 5.91 Å². The van der Waals surface area contributed by atoms with Gasteiger partial charge in [0.15, 0.2) is 6.61 Å². The van der Waals surface area contributed by atoms with Gasteiger partial charge in [-0.1, -0.05) is 42.5 Å². The number of rotatable bonds is 5. The fourth-order valence-corrected chi connectivity index (χ4v) is 2.95. The van der Waals surface area contributed by atoms with E-state index in [0.29, 0.717) is 12.3 Å². The Hall–Kier alpha value is -2.82. The first-order valence-corrected chi connectivity index (χ1v) is 8.40. The Morgan fingerprint density at radius 1 is 1.16 bits per heavy atom. The van der Waals surface area contributed by atoms with Crippen LogP contribution < -0.4 is 9.64 Å². The molecule has 0 aliphatic carbocycles. The molecule has 0 aromatic heterocycles. The molecule has 130 valence electrons. The monoisotopic (exact) mass is 338 g/mol. The zero-order valence-corrected chi connectivity index (χ0v) is 14.5. The van der Waals surface area contributed by atoms with Gasteiger partial charge in [-0.2, -0.15) is 0 Å². The SMILES string of the molecule is C[C@@H](c1ccccc1)N(C)C(=O)CCN1C(=O)COc2ccccc21. The van der Waals surface area contributed by atoms with Crippen LogP contribution in [0.4, 0.5) is 5.69 Å². The normalized spacial score (nSPS) is 14.5. The van der Waals surface area contributed by atoms with Crippen molar-refractivity contribution in [2.24, 2.45) is 0 Å². The van der Waals surface area contributed by atoms with Crippen molar-refractivity contribution >= 4 is 17.5 Å². The van der Waals surface area contributed by atoms with E-state index in [1.807, 2.05) is 61.5 Å². The molecule has 0 unspecified atom stereocenters. The first kappa shape index (κ1) is 17.0. The number of nitrogens with zero attached hydrogens (tertiary/aromatic N) is 2. The third-order valence-electron chi connectivity index (χ3n) is 4.61. The highest BCUT2D eigenvalue weighted by molar-refractivity contribution is 5.98. The van der Waals surface area contributed by atoms with Gasteiger partial charge < -0.3 is 14.5 Å². The molecule has 0 bridgehead atoms. The molecule has 3 rings (SSSR count). The number of ether oxygens (including phenoxy) is 1. The summed E-state index contributed by atoms with van der Waals surface area (Å²) in [5.74, 6) is 0.568.